The Morgan fingerprint density at radius 2 is 2.30 bits per heavy atom. The van der Waals surface area contributed by atoms with Crippen molar-refractivity contribution in [1.82, 2.24) is 14.5 Å². The Labute approximate surface area is 137 Å². The molecule has 0 spiro atoms. The molecule has 1 aliphatic rings. The fourth-order valence-electron chi connectivity index (χ4n) is 2.68. The molecular formula is C12H15ClIN4OP. The van der Waals surface area contributed by atoms with Gasteiger partial charge >= 0.3 is 0 Å². The third-order valence-corrected chi connectivity index (χ3v) is 5.82. The lowest BCUT2D eigenvalue weighted by molar-refractivity contribution is 0.0899. The van der Waals surface area contributed by atoms with Crippen LogP contribution in [0, 0.1) is 5.92 Å². The summed E-state index contributed by atoms with van der Waals surface area (Å²) in [6.07, 6.45) is 2.62. The highest BCUT2D eigenvalue weighted by atomic mass is 127. The molecule has 8 heteroatoms. The van der Waals surface area contributed by atoms with E-state index in [1.54, 1.807) is 7.11 Å². The third-order valence-electron chi connectivity index (χ3n) is 3.74. The zero-order valence-electron chi connectivity index (χ0n) is 11.2. The molecule has 0 aromatic carbocycles. The Morgan fingerprint density at radius 1 is 1.50 bits per heavy atom. The molecule has 2 aromatic heterocycles. The van der Waals surface area contributed by atoms with Crippen molar-refractivity contribution in [3.05, 3.63) is 17.4 Å². The molecule has 3 unspecified atom stereocenters. The van der Waals surface area contributed by atoms with E-state index in [9.17, 15) is 0 Å². The van der Waals surface area contributed by atoms with Crippen molar-refractivity contribution < 1.29 is 4.74 Å². The molecule has 1 saturated heterocycles. The Kier molecular flexibility index (Phi) is 4.36. The van der Waals surface area contributed by atoms with E-state index in [1.807, 2.05) is 16.7 Å². The second kappa shape index (κ2) is 5.91. The van der Waals surface area contributed by atoms with Crippen molar-refractivity contribution in [1.29, 1.82) is 0 Å². The van der Waals surface area contributed by atoms with Gasteiger partial charge in [-0.3, -0.25) is 0 Å². The predicted molar refractivity (Wildman–Crippen MR) is 92.4 cm³/mol. The van der Waals surface area contributed by atoms with E-state index in [0.29, 0.717) is 17.4 Å². The molecule has 3 atom stereocenters. The first-order chi connectivity index (χ1) is 9.63. The van der Waals surface area contributed by atoms with Gasteiger partial charge in [0.25, 0.3) is 0 Å². The fraction of sp³-hybridized carbons (Fsp3) is 0.500. The molecule has 3 rings (SSSR count). The molecule has 5 nitrogen and oxygen atoms in total. The van der Waals surface area contributed by atoms with Crippen molar-refractivity contribution in [2.24, 2.45) is 5.92 Å². The third kappa shape index (κ3) is 2.51. The van der Waals surface area contributed by atoms with E-state index < -0.39 is 0 Å². The largest absolute Gasteiger partial charge is 0.379 e. The summed E-state index contributed by atoms with van der Waals surface area (Å²) in [6, 6.07) is 1.88. The number of ether oxygens (including phenoxy) is 1. The van der Waals surface area contributed by atoms with Crippen LogP contribution in [0.4, 0.5) is 5.82 Å². The highest BCUT2D eigenvalue weighted by molar-refractivity contribution is 14.2. The monoisotopic (exact) mass is 424 g/mol. The molecule has 0 bridgehead atoms. The number of anilines is 1. The van der Waals surface area contributed by atoms with Crippen LogP contribution in [0.2, 0.25) is 5.15 Å². The second-order valence-corrected chi connectivity index (χ2v) is 7.43. The van der Waals surface area contributed by atoms with Gasteiger partial charge < -0.3 is 9.64 Å². The Morgan fingerprint density at radius 3 is 2.95 bits per heavy atom. The van der Waals surface area contributed by atoms with E-state index in [0.717, 1.165) is 29.8 Å². The molecule has 3 heterocycles. The highest BCUT2D eigenvalue weighted by Crippen LogP contribution is 2.36. The summed E-state index contributed by atoms with van der Waals surface area (Å²) in [5.74, 6) is 1.49. The van der Waals surface area contributed by atoms with Crippen LogP contribution in [-0.4, -0.2) is 40.8 Å². The van der Waals surface area contributed by atoms with Gasteiger partial charge in [-0.15, -0.1) is 5.10 Å². The molecule has 1 fully saturated rings. The van der Waals surface area contributed by atoms with Crippen LogP contribution in [0.3, 0.4) is 0 Å². The number of halogens is 2. The van der Waals surface area contributed by atoms with Gasteiger partial charge in [0.15, 0.2) is 5.82 Å². The number of hydrogen-bond acceptors (Lipinski definition) is 4. The zero-order valence-corrected chi connectivity index (χ0v) is 15.1. The summed E-state index contributed by atoms with van der Waals surface area (Å²) in [5.41, 5.74) is 1.04. The number of pyridine rings is 1. The number of fused-ring (bicyclic) bond motifs is 1. The summed E-state index contributed by atoms with van der Waals surface area (Å²) >= 11 is 8.33. The van der Waals surface area contributed by atoms with Crippen molar-refractivity contribution in [2.75, 3.05) is 25.1 Å². The molecule has 0 aliphatic carbocycles. The standard InChI is InChI=1S/C12H15ClIN4OP/c1-7-5-17(6-10(7)19-2)12-8-4-15-11(13)3-9(8)18(16-12)20-14/h3-4,7,10,20H,5-6H2,1-2H3. The maximum absolute atomic E-state index is 6.00. The SMILES string of the molecule is COC1CN(c2nn(PI)c3cc(Cl)ncc23)CC1C. The minimum absolute atomic E-state index is 0.262. The predicted octanol–water partition coefficient (Wildman–Crippen LogP) is 3.35. The second-order valence-electron chi connectivity index (χ2n) is 5.00. The molecule has 20 heavy (non-hydrogen) atoms. The van der Waals surface area contributed by atoms with Crippen LogP contribution in [0.5, 0.6) is 0 Å². The first-order valence-corrected chi connectivity index (χ1v) is 10.8. The summed E-state index contributed by atoms with van der Waals surface area (Å²) < 4.78 is 7.52. The quantitative estimate of drug-likeness (QED) is 0.431. The van der Waals surface area contributed by atoms with Gasteiger partial charge in [0, 0.05) is 38.4 Å². The molecule has 2 aromatic rings. The molecule has 108 valence electrons. The first kappa shape index (κ1) is 14.8. The van der Waals surface area contributed by atoms with Crippen LogP contribution in [0.25, 0.3) is 10.9 Å². The lowest BCUT2D eigenvalue weighted by Gasteiger charge is -2.15. The van der Waals surface area contributed by atoms with Gasteiger partial charge in [0.1, 0.15) is 5.15 Å². The van der Waals surface area contributed by atoms with E-state index in [4.69, 9.17) is 21.4 Å². The van der Waals surface area contributed by atoms with Crippen LogP contribution in [0.15, 0.2) is 12.3 Å². The molecule has 1 aliphatic heterocycles. The minimum Gasteiger partial charge on any atom is -0.379 e. The Balaban J connectivity index is 2.04. The smallest absolute Gasteiger partial charge is 0.160 e. The summed E-state index contributed by atoms with van der Waals surface area (Å²) in [6.45, 7) is 4.04. The van der Waals surface area contributed by atoms with Crippen molar-refractivity contribution in [2.45, 2.75) is 13.0 Å². The number of hydrogen-bond donors (Lipinski definition) is 0. The van der Waals surface area contributed by atoms with Gasteiger partial charge in [-0.2, -0.15) is 0 Å². The Bertz CT molecular complexity index is 637. The summed E-state index contributed by atoms with van der Waals surface area (Å²) in [4.78, 5) is 6.48. The topological polar surface area (TPSA) is 43.2 Å². The zero-order chi connectivity index (χ0) is 14.3. The van der Waals surface area contributed by atoms with Gasteiger partial charge in [-0.1, -0.05) is 18.5 Å². The van der Waals surface area contributed by atoms with Crippen molar-refractivity contribution >= 4 is 56.7 Å². The fourth-order valence-corrected chi connectivity index (χ4v) is 4.35. The number of rotatable bonds is 3. The van der Waals surface area contributed by atoms with E-state index in [2.05, 4.69) is 38.8 Å². The van der Waals surface area contributed by atoms with E-state index in [-0.39, 0.29) is 6.10 Å². The van der Waals surface area contributed by atoms with Crippen molar-refractivity contribution in [3.8, 4) is 0 Å². The lowest BCUT2D eigenvalue weighted by atomic mass is 10.1. The maximum Gasteiger partial charge on any atom is 0.160 e. The maximum atomic E-state index is 6.00. The normalized spacial score (nSPS) is 23.5. The number of methoxy groups -OCH3 is 1. The van der Waals surface area contributed by atoms with Crippen LogP contribution >= 0.6 is 40.0 Å². The average Bonchev–Trinajstić information content (AvgIpc) is 2.98. The van der Waals surface area contributed by atoms with Gasteiger partial charge in [0.05, 0.1) is 23.4 Å². The molecule has 0 saturated carbocycles. The van der Waals surface area contributed by atoms with Crippen molar-refractivity contribution in [3.63, 3.8) is 0 Å². The number of aromatic nitrogens is 3. The molecule has 0 N–H and O–H groups in total. The summed E-state index contributed by atoms with van der Waals surface area (Å²) in [7, 11) is 1.77. The summed E-state index contributed by atoms with van der Waals surface area (Å²) in [5, 5.41) is 6.29. The van der Waals surface area contributed by atoms with Gasteiger partial charge in [-0.25, -0.2) is 9.44 Å². The van der Waals surface area contributed by atoms with E-state index >= 15 is 0 Å². The van der Waals surface area contributed by atoms with Crippen LogP contribution in [-0.2, 0) is 4.74 Å². The van der Waals surface area contributed by atoms with Crippen LogP contribution < -0.4 is 4.90 Å². The first-order valence-electron chi connectivity index (χ1n) is 6.32. The lowest BCUT2D eigenvalue weighted by Crippen LogP contribution is -2.22. The minimum atomic E-state index is 0.262. The van der Waals surface area contributed by atoms with Gasteiger partial charge in [0.2, 0.25) is 0 Å². The van der Waals surface area contributed by atoms with Gasteiger partial charge in [-0.05, 0) is 22.0 Å². The highest BCUT2D eigenvalue weighted by Gasteiger charge is 2.32. The number of nitrogens with zero attached hydrogens (tertiary/aromatic N) is 4. The molecule has 0 amide bonds. The van der Waals surface area contributed by atoms with Crippen LogP contribution in [0.1, 0.15) is 6.92 Å². The Hall–Kier alpha value is -0.170. The average molecular weight is 425 g/mol. The molecular weight excluding hydrogens is 409 g/mol. The molecule has 0 radical (unpaired) electrons. The van der Waals surface area contributed by atoms with E-state index in [1.165, 1.54) is 0 Å².